The van der Waals surface area contributed by atoms with Crippen LogP contribution >= 0.6 is 12.2 Å². The highest BCUT2D eigenvalue weighted by molar-refractivity contribution is 7.71. The van der Waals surface area contributed by atoms with Crippen LogP contribution in [0.4, 0.5) is 4.39 Å². The second-order valence-corrected chi connectivity index (χ2v) is 5.16. The molecule has 1 heterocycles. The van der Waals surface area contributed by atoms with Gasteiger partial charge in [0.1, 0.15) is 6.04 Å². The van der Waals surface area contributed by atoms with Crippen LogP contribution in [0.2, 0.25) is 0 Å². The molecule has 0 spiro atoms. The fourth-order valence-electron chi connectivity index (χ4n) is 2.18. The van der Waals surface area contributed by atoms with E-state index >= 15 is 0 Å². The Morgan fingerprint density at radius 2 is 2.29 bits per heavy atom. The number of nitrogens with zero attached hydrogens (tertiary/aromatic N) is 1. The molecule has 2 rings (SSSR count). The summed E-state index contributed by atoms with van der Waals surface area (Å²) in [5.41, 5.74) is 1.17. The molecule has 1 aromatic heterocycles. The Morgan fingerprint density at radius 1 is 1.57 bits per heavy atom. The number of carbonyl (C=O) groups excluding carboxylic acids is 1. The summed E-state index contributed by atoms with van der Waals surface area (Å²) in [5.74, 6) is -0.486. The molecule has 2 aromatic rings. The fraction of sp³-hybridized carbons (Fsp3) is 0.429. The molecule has 0 saturated carbocycles. The van der Waals surface area contributed by atoms with Gasteiger partial charge in [-0.15, -0.1) is 0 Å². The van der Waals surface area contributed by atoms with E-state index in [1.54, 1.807) is 17.6 Å². The Kier molecular flexibility index (Phi) is 4.62. The highest BCUT2D eigenvalue weighted by Crippen LogP contribution is 2.26. The van der Waals surface area contributed by atoms with Crippen LogP contribution in [0.3, 0.4) is 0 Å². The van der Waals surface area contributed by atoms with Crippen LogP contribution in [0.25, 0.3) is 11.0 Å². The zero-order chi connectivity index (χ0) is 15.6. The van der Waals surface area contributed by atoms with E-state index in [1.807, 2.05) is 6.92 Å². The van der Waals surface area contributed by atoms with Gasteiger partial charge >= 0.3 is 0 Å². The van der Waals surface area contributed by atoms with E-state index in [2.05, 4.69) is 10.3 Å². The first kappa shape index (κ1) is 15.5. The SMILES string of the molecule is CCCNC(=O)C(C)n1c(=S)[nH]c2cc(F)c(OC)cc21. The maximum absolute atomic E-state index is 13.7. The van der Waals surface area contributed by atoms with E-state index < -0.39 is 11.9 Å². The van der Waals surface area contributed by atoms with Crippen LogP contribution in [0, 0.1) is 10.6 Å². The molecule has 7 heteroatoms. The second-order valence-electron chi connectivity index (χ2n) is 4.77. The number of amides is 1. The first-order chi connectivity index (χ1) is 9.99. The number of halogens is 1. The third-order valence-corrected chi connectivity index (χ3v) is 3.60. The van der Waals surface area contributed by atoms with Crippen LogP contribution in [0.15, 0.2) is 12.1 Å². The number of methoxy groups -OCH3 is 1. The van der Waals surface area contributed by atoms with E-state index in [0.717, 1.165) is 6.42 Å². The first-order valence-electron chi connectivity index (χ1n) is 6.75. The molecule has 0 saturated heterocycles. The zero-order valence-corrected chi connectivity index (χ0v) is 13.0. The van der Waals surface area contributed by atoms with Crippen LogP contribution < -0.4 is 10.1 Å². The maximum atomic E-state index is 13.7. The summed E-state index contributed by atoms with van der Waals surface area (Å²) >= 11 is 5.25. The Bertz CT molecular complexity index is 723. The summed E-state index contributed by atoms with van der Waals surface area (Å²) in [6, 6.07) is 2.37. The Balaban J connectivity index is 2.50. The van der Waals surface area contributed by atoms with Gasteiger partial charge in [-0.2, -0.15) is 0 Å². The molecular formula is C14H18FN3O2S. The van der Waals surface area contributed by atoms with Crippen LogP contribution in [-0.4, -0.2) is 29.1 Å². The molecule has 1 amide bonds. The second kappa shape index (κ2) is 6.26. The minimum atomic E-state index is -0.493. The molecule has 1 atom stereocenters. The number of H-pyrrole nitrogens is 1. The van der Waals surface area contributed by atoms with E-state index in [1.165, 1.54) is 13.2 Å². The fourth-order valence-corrected chi connectivity index (χ4v) is 2.55. The van der Waals surface area contributed by atoms with E-state index in [9.17, 15) is 9.18 Å². The van der Waals surface area contributed by atoms with E-state index in [0.29, 0.717) is 22.3 Å². The van der Waals surface area contributed by atoms with Gasteiger partial charge in [-0.25, -0.2) is 4.39 Å². The molecule has 114 valence electrons. The van der Waals surface area contributed by atoms with E-state index in [-0.39, 0.29) is 11.7 Å². The molecule has 5 nitrogen and oxygen atoms in total. The number of aromatic nitrogens is 2. The lowest BCUT2D eigenvalue weighted by Crippen LogP contribution is -2.31. The average Bonchev–Trinajstić information content (AvgIpc) is 2.77. The minimum Gasteiger partial charge on any atom is -0.494 e. The van der Waals surface area contributed by atoms with Gasteiger partial charge in [0.15, 0.2) is 16.3 Å². The number of benzene rings is 1. The number of ether oxygens (including phenoxy) is 1. The largest absolute Gasteiger partial charge is 0.494 e. The minimum absolute atomic E-state index is 0.117. The normalized spacial score (nSPS) is 12.4. The van der Waals surface area contributed by atoms with Crippen molar-refractivity contribution >= 4 is 29.2 Å². The Labute approximate surface area is 127 Å². The Morgan fingerprint density at radius 3 is 2.90 bits per heavy atom. The standard InChI is InChI=1S/C14H18FN3O2S/c1-4-5-16-13(19)8(2)18-11-7-12(20-3)9(15)6-10(11)17-14(18)21/h6-8H,4-5H2,1-3H3,(H,16,19)(H,17,21). The predicted molar refractivity (Wildman–Crippen MR) is 81.6 cm³/mol. The van der Waals surface area contributed by atoms with Crippen molar-refractivity contribution < 1.29 is 13.9 Å². The molecule has 0 aliphatic carbocycles. The van der Waals surface area contributed by atoms with Crippen LogP contribution in [0.5, 0.6) is 5.75 Å². The molecule has 0 radical (unpaired) electrons. The average molecular weight is 311 g/mol. The smallest absolute Gasteiger partial charge is 0.242 e. The lowest BCUT2D eigenvalue weighted by molar-refractivity contribution is -0.123. The molecule has 2 N–H and O–H groups in total. The summed E-state index contributed by atoms with van der Waals surface area (Å²) < 4.78 is 20.7. The predicted octanol–water partition coefficient (Wildman–Crippen LogP) is 2.93. The molecule has 0 aliphatic heterocycles. The summed E-state index contributed by atoms with van der Waals surface area (Å²) in [4.78, 5) is 15.0. The maximum Gasteiger partial charge on any atom is 0.242 e. The van der Waals surface area contributed by atoms with Gasteiger partial charge in [0, 0.05) is 18.7 Å². The van der Waals surface area contributed by atoms with Gasteiger partial charge < -0.3 is 19.6 Å². The summed E-state index contributed by atoms with van der Waals surface area (Å²) in [5, 5.41) is 2.83. The van der Waals surface area contributed by atoms with Gasteiger partial charge in [-0.1, -0.05) is 6.92 Å². The van der Waals surface area contributed by atoms with Crippen molar-refractivity contribution in [1.29, 1.82) is 0 Å². The number of carbonyl (C=O) groups is 1. The molecule has 1 aromatic carbocycles. The number of nitrogens with one attached hydrogen (secondary N) is 2. The lowest BCUT2D eigenvalue weighted by Gasteiger charge is -2.14. The number of aromatic amines is 1. The van der Waals surface area contributed by atoms with Crippen molar-refractivity contribution in [3.8, 4) is 5.75 Å². The number of imidazole rings is 1. The van der Waals surface area contributed by atoms with Crippen molar-refractivity contribution in [2.75, 3.05) is 13.7 Å². The number of fused-ring (bicyclic) bond motifs is 1. The summed E-state index contributed by atoms with van der Waals surface area (Å²) in [6.07, 6.45) is 0.858. The highest BCUT2D eigenvalue weighted by atomic mass is 32.1. The number of hydrogen-bond acceptors (Lipinski definition) is 3. The molecule has 1 unspecified atom stereocenters. The van der Waals surface area contributed by atoms with Gasteiger partial charge in [-0.05, 0) is 25.6 Å². The Hall–Kier alpha value is -1.89. The van der Waals surface area contributed by atoms with Crippen LogP contribution in [0.1, 0.15) is 26.3 Å². The van der Waals surface area contributed by atoms with Gasteiger partial charge in [0.2, 0.25) is 5.91 Å². The summed E-state index contributed by atoms with van der Waals surface area (Å²) in [7, 11) is 1.40. The molecular weight excluding hydrogens is 293 g/mol. The summed E-state index contributed by atoms with van der Waals surface area (Å²) in [6.45, 7) is 4.34. The van der Waals surface area contributed by atoms with Crippen LogP contribution in [-0.2, 0) is 4.79 Å². The molecule has 0 bridgehead atoms. The van der Waals surface area contributed by atoms with E-state index in [4.69, 9.17) is 17.0 Å². The third kappa shape index (κ3) is 2.92. The monoisotopic (exact) mass is 311 g/mol. The van der Waals surface area contributed by atoms with Crippen molar-refractivity contribution in [1.82, 2.24) is 14.9 Å². The van der Waals surface area contributed by atoms with Crippen molar-refractivity contribution in [2.24, 2.45) is 0 Å². The molecule has 0 fully saturated rings. The van der Waals surface area contributed by atoms with Gasteiger partial charge in [-0.3, -0.25) is 4.79 Å². The van der Waals surface area contributed by atoms with Gasteiger partial charge in [0.25, 0.3) is 0 Å². The van der Waals surface area contributed by atoms with Crippen molar-refractivity contribution in [2.45, 2.75) is 26.3 Å². The van der Waals surface area contributed by atoms with Crippen molar-refractivity contribution in [3.05, 3.63) is 22.7 Å². The number of rotatable bonds is 5. The lowest BCUT2D eigenvalue weighted by atomic mass is 10.2. The molecule has 0 aliphatic rings. The van der Waals surface area contributed by atoms with Crippen molar-refractivity contribution in [3.63, 3.8) is 0 Å². The third-order valence-electron chi connectivity index (χ3n) is 3.31. The molecule has 21 heavy (non-hydrogen) atoms. The van der Waals surface area contributed by atoms with Gasteiger partial charge in [0.05, 0.1) is 18.1 Å². The highest BCUT2D eigenvalue weighted by Gasteiger charge is 2.19. The number of hydrogen-bond donors (Lipinski definition) is 2. The first-order valence-corrected chi connectivity index (χ1v) is 7.15. The quantitative estimate of drug-likeness (QED) is 0.835. The zero-order valence-electron chi connectivity index (χ0n) is 12.2. The topological polar surface area (TPSA) is 59.0 Å².